The molecule has 0 radical (unpaired) electrons. The summed E-state index contributed by atoms with van der Waals surface area (Å²) in [4.78, 5) is 35.1. The van der Waals surface area contributed by atoms with Crippen LogP contribution in [0.3, 0.4) is 0 Å². The van der Waals surface area contributed by atoms with Crippen LogP contribution in [-0.2, 0) is 14.3 Å². The van der Waals surface area contributed by atoms with Crippen molar-refractivity contribution in [2.45, 2.75) is 51.2 Å². The molecule has 1 heterocycles. The van der Waals surface area contributed by atoms with E-state index in [1.807, 2.05) is 0 Å². The maximum Gasteiger partial charge on any atom is 0.411 e. The normalized spacial score (nSPS) is 24.5. The van der Waals surface area contributed by atoms with Gasteiger partial charge in [-0.25, -0.2) is 4.79 Å². The van der Waals surface area contributed by atoms with Gasteiger partial charge in [0, 0.05) is 13.0 Å². The molecule has 0 bridgehead atoms. The molecule has 0 saturated carbocycles. The van der Waals surface area contributed by atoms with Crippen molar-refractivity contribution >= 4 is 18.7 Å². The fourth-order valence-electron chi connectivity index (χ4n) is 2.02. The minimum absolute atomic E-state index is 0.0374. The molecule has 1 rings (SSSR count). The van der Waals surface area contributed by atoms with E-state index < -0.39 is 17.2 Å². The zero-order valence-corrected chi connectivity index (χ0v) is 10.6. The van der Waals surface area contributed by atoms with E-state index in [-0.39, 0.29) is 6.42 Å². The molecule has 5 heteroatoms. The van der Waals surface area contributed by atoms with E-state index >= 15 is 0 Å². The van der Waals surface area contributed by atoms with Crippen LogP contribution in [0.15, 0.2) is 0 Å². The Morgan fingerprint density at radius 2 is 2.06 bits per heavy atom. The molecular formula is C12H19NO4. The van der Waals surface area contributed by atoms with Crippen LogP contribution in [0.5, 0.6) is 0 Å². The minimum atomic E-state index is -0.996. The van der Waals surface area contributed by atoms with Gasteiger partial charge in [-0.1, -0.05) is 0 Å². The standard InChI is InChI=1S/C12H19NO4/c1-11(2,3)17-10(16)13-7-4-5-12(13,9-15)6-8-14/h8-9H,4-7H2,1-3H3. The molecule has 1 atom stereocenters. The van der Waals surface area contributed by atoms with Crippen molar-refractivity contribution in [1.82, 2.24) is 4.90 Å². The van der Waals surface area contributed by atoms with Crippen LogP contribution >= 0.6 is 0 Å². The summed E-state index contributed by atoms with van der Waals surface area (Å²) in [6.07, 6.45) is 2.12. The van der Waals surface area contributed by atoms with Crippen molar-refractivity contribution in [3.05, 3.63) is 0 Å². The summed E-state index contributed by atoms with van der Waals surface area (Å²) in [5, 5.41) is 0. The molecule has 1 saturated heterocycles. The van der Waals surface area contributed by atoms with Crippen LogP contribution in [0, 0.1) is 0 Å². The predicted octanol–water partition coefficient (Wildman–Crippen LogP) is 1.54. The van der Waals surface area contributed by atoms with Gasteiger partial charge in [0.05, 0.1) is 0 Å². The number of carbonyl (C=O) groups excluding carboxylic acids is 3. The monoisotopic (exact) mass is 241 g/mol. The molecule has 96 valence electrons. The first-order valence-corrected chi connectivity index (χ1v) is 5.75. The summed E-state index contributed by atoms with van der Waals surface area (Å²) in [5.74, 6) is 0. The molecule has 0 aromatic heterocycles. The number of amides is 1. The third-order valence-electron chi connectivity index (χ3n) is 2.80. The Labute approximate surface area is 101 Å². The summed E-state index contributed by atoms with van der Waals surface area (Å²) < 4.78 is 5.24. The zero-order chi connectivity index (χ0) is 13.1. The maximum atomic E-state index is 11.9. The Bertz CT molecular complexity index is 321. The van der Waals surface area contributed by atoms with Crippen molar-refractivity contribution < 1.29 is 19.1 Å². The third-order valence-corrected chi connectivity index (χ3v) is 2.80. The molecule has 0 aliphatic carbocycles. The third kappa shape index (κ3) is 3.05. The molecule has 0 aromatic carbocycles. The van der Waals surface area contributed by atoms with Crippen LogP contribution in [-0.4, -0.2) is 41.3 Å². The van der Waals surface area contributed by atoms with Crippen LogP contribution < -0.4 is 0 Å². The first-order chi connectivity index (χ1) is 7.84. The van der Waals surface area contributed by atoms with Gasteiger partial charge in [-0.05, 0) is 33.6 Å². The molecule has 1 amide bonds. The average Bonchev–Trinajstić information content (AvgIpc) is 2.60. The Hall–Kier alpha value is -1.39. The number of likely N-dealkylation sites (tertiary alicyclic amines) is 1. The van der Waals surface area contributed by atoms with Crippen LogP contribution in [0.4, 0.5) is 4.79 Å². The van der Waals surface area contributed by atoms with Crippen molar-refractivity contribution in [3.8, 4) is 0 Å². The van der Waals surface area contributed by atoms with Gasteiger partial charge in [-0.15, -0.1) is 0 Å². The van der Waals surface area contributed by atoms with Crippen molar-refractivity contribution in [1.29, 1.82) is 0 Å². The molecule has 1 unspecified atom stereocenters. The number of aldehydes is 2. The van der Waals surface area contributed by atoms with Gasteiger partial charge in [0.15, 0.2) is 0 Å². The van der Waals surface area contributed by atoms with Gasteiger partial charge in [-0.2, -0.15) is 0 Å². The van der Waals surface area contributed by atoms with Crippen LogP contribution in [0.1, 0.15) is 40.0 Å². The SMILES string of the molecule is CC(C)(C)OC(=O)N1CCCC1(C=O)CC=O. The number of hydrogen-bond donors (Lipinski definition) is 0. The van der Waals surface area contributed by atoms with Crippen LogP contribution in [0.25, 0.3) is 0 Å². The summed E-state index contributed by atoms with van der Waals surface area (Å²) in [7, 11) is 0. The van der Waals surface area contributed by atoms with E-state index in [0.717, 1.165) is 0 Å². The quantitative estimate of drug-likeness (QED) is 0.703. The molecule has 0 aromatic rings. The summed E-state index contributed by atoms with van der Waals surface area (Å²) in [6, 6.07) is 0. The second-order valence-corrected chi connectivity index (χ2v) is 5.33. The minimum Gasteiger partial charge on any atom is -0.444 e. The lowest BCUT2D eigenvalue weighted by atomic mass is 9.95. The molecule has 1 aliphatic heterocycles. The number of nitrogens with zero attached hydrogens (tertiary/aromatic N) is 1. The topological polar surface area (TPSA) is 63.7 Å². The second-order valence-electron chi connectivity index (χ2n) is 5.33. The van der Waals surface area contributed by atoms with E-state index in [9.17, 15) is 14.4 Å². The average molecular weight is 241 g/mol. The van der Waals surface area contributed by atoms with E-state index in [1.54, 1.807) is 20.8 Å². The maximum absolute atomic E-state index is 11.9. The van der Waals surface area contributed by atoms with Crippen molar-refractivity contribution in [2.75, 3.05) is 6.54 Å². The molecular weight excluding hydrogens is 222 g/mol. The largest absolute Gasteiger partial charge is 0.444 e. The lowest BCUT2D eigenvalue weighted by molar-refractivity contribution is -0.121. The van der Waals surface area contributed by atoms with Crippen molar-refractivity contribution in [3.63, 3.8) is 0 Å². The highest BCUT2D eigenvalue weighted by Gasteiger charge is 2.45. The molecule has 0 spiro atoms. The number of carbonyl (C=O) groups is 3. The summed E-state index contributed by atoms with van der Waals surface area (Å²) in [6.45, 7) is 5.76. The van der Waals surface area contributed by atoms with E-state index in [2.05, 4.69) is 0 Å². The molecule has 5 nitrogen and oxygen atoms in total. The Morgan fingerprint density at radius 1 is 1.41 bits per heavy atom. The molecule has 1 fully saturated rings. The Morgan fingerprint density at radius 3 is 2.53 bits per heavy atom. The lowest BCUT2D eigenvalue weighted by Crippen LogP contribution is -2.50. The van der Waals surface area contributed by atoms with Gasteiger partial charge >= 0.3 is 6.09 Å². The smallest absolute Gasteiger partial charge is 0.411 e. The highest BCUT2D eigenvalue weighted by atomic mass is 16.6. The van der Waals surface area contributed by atoms with E-state index in [1.165, 1.54) is 4.90 Å². The molecule has 17 heavy (non-hydrogen) atoms. The fourth-order valence-corrected chi connectivity index (χ4v) is 2.02. The number of hydrogen-bond acceptors (Lipinski definition) is 4. The molecule has 0 N–H and O–H groups in total. The Balaban J connectivity index is 2.84. The van der Waals surface area contributed by atoms with E-state index in [4.69, 9.17) is 4.74 Å². The predicted molar refractivity (Wildman–Crippen MR) is 61.7 cm³/mol. The van der Waals surface area contributed by atoms with Crippen molar-refractivity contribution in [2.24, 2.45) is 0 Å². The summed E-state index contributed by atoms with van der Waals surface area (Å²) >= 11 is 0. The zero-order valence-electron chi connectivity index (χ0n) is 10.6. The van der Waals surface area contributed by atoms with Gasteiger partial charge in [0.25, 0.3) is 0 Å². The first-order valence-electron chi connectivity index (χ1n) is 5.75. The summed E-state index contributed by atoms with van der Waals surface area (Å²) in [5.41, 5.74) is -1.60. The highest BCUT2D eigenvalue weighted by Crippen LogP contribution is 2.31. The highest BCUT2D eigenvalue weighted by molar-refractivity contribution is 5.80. The second kappa shape index (κ2) is 4.85. The molecule has 1 aliphatic rings. The lowest BCUT2D eigenvalue weighted by Gasteiger charge is -2.33. The number of ether oxygens (including phenoxy) is 1. The van der Waals surface area contributed by atoms with Gasteiger partial charge in [0.1, 0.15) is 23.7 Å². The Kier molecular flexibility index (Phi) is 3.91. The van der Waals surface area contributed by atoms with Gasteiger partial charge in [-0.3, -0.25) is 4.90 Å². The van der Waals surface area contributed by atoms with Gasteiger partial charge < -0.3 is 14.3 Å². The van der Waals surface area contributed by atoms with Crippen LogP contribution in [0.2, 0.25) is 0 Å². The van der Waals surface area contributed by atoms with E-state index in [0.29, 0.717) is 32.0 Å². The van der Waals surface area contributed by atoms with Gasteiger partial charge in [0.2, 0.25) is 0 Å². The first kappa shape index (κ1) is 13.7. The fraction of sp³-hybridized carbons (Fsp3) is 0.750. The number of rotatable bonds is 3.